The first kappa shape index (κ1) is 20.2. The number of aromatic amines is 1. The molecule has 4 rings (SSSR count). The lowest BCUT2D eigenvalue weighted by molar-refractivity contribution is -0.135. The molecule has 0 unspecified atom stereocenters. The summed E-state index contributed by atoms with van der Waals surface area (Å²) in [6.45, 7) is 1.27. The van der Waals surface area contributed by atoms with E-state index < -0.39 is 5.54 Å². The van der Waals surface area contributed by atoms with Crippen LogP contribution in [0.4, 0.5) is 4.79 Å². The Kier molecular flexibility index (Phi) is 5.59. The van der Waals surface area contributed by atoms with Crippen molar-refractivity contribution in [1.29, 1.82) is 0 Å². The number of piperidine rings is 1. The van der Waals surface area contributed by atoms with Crippen LogP contribution in [0.2, 0.25) is 0 Å². The number of aliphatic hydroxyl groups excluding tert-OH is 1. The molecule has 1 spiro atoms. The number of likely N-dealkylation sites (tertiary alicyclic amines) is 1. The van der Waals surface area contributed by atoms with Crippen molar-refractivity contribution in [3.05, 3.63) is 59.9 Å². The van der Waals surface area contributed by atoms with Crippen LogP contribution in [0.25, 0.3) is 0 Å². The van der Waals surface area contributed by atoms with Crippen molar-refractivity contribution in [1.82, 2.24) is 19.7 Å². The topological polar surface area (TPSA) is 97.0 Å². The van der Waals surface area contributed by atoms with E-state index in [-0.39, 0.29) is 31.0 Å². The molecule has 30 heavy (non-hydrogen) atoms. The smallest absolute Gasteiger partial charge is 0.327 e. The predicted molar refractivity (Wildman–Crippen MR) is 109 cm³/mol. The SMILES string of the molecule is O=C(c1cc[nH]c1)N1CCC2(CC1)C(=O)N(CCCO)C(=O)N2Cc1ccccc1. The number of aromatic nitrogens is 1. The summed E-state index contributed by atoms with van der Waals surface area (Å²) in [5.41, 5.74) is 0.593. The minimum absolute atomic E-state index is 0.0744. The number of aliphatic hydroxyl groups is 1. The molecule has 2 saturated heterocycles. The van der Waals surface area contributed by atoms with Gasteiger partial charge in [0.05, 0.1) is 5.56 Å². The van der Waals surface area contributed by atoms with Crippen molar-refractivity contribution in [2.45, 2.75) is 31.3 Å². The maximum Gasteiger partial charge on any atom is 0.327 e. The van der Waals surface area contributed by atoms with Crippen molar-refractivity contribution in [3.63, 3.8) is 0 Å². The predicted octanol–water partition coefficient (Wildman–Crippen LogP) is 1.84. The van der Waals surface area contributed by atoms with Crippen molar-refractivity contribution in [3.8, 4) is 0 Å². The molecule has 2 aliphatic heterocycles. The lowest BCUT2D eigenvalue weighted by Crippen LogP contribution is -2.57. The lowest BCUT2D eigenvalue weighted by Gasteiger charge is -2.42. The van der Waals surface area contributed by atoms with Gasteiger partial charge in [-0.15, -0.1) is 0 Å². The highest BCUT2D eigenvalue weighted by atomic mass is 16.3. The Morgan fingerprint density at radius 3 is 2.47 bits per heavy atom. The number of benzene rings is 1. The van der Waals surface area contributed by atoms with Gasteiger partial charge in [-0.3, -0.25) is 14.5 Å². The number of hydrogen-bond donors (Lipinski definition) is 2. The summed E-state index contributed by atoms with van der Waals surface area (Å²) >= 11 is 0. The number of urea groups is 1. The average molecular weight is 410 g/mol. The number of nitrogens with zero attached hydrogens (tertiary/aromatic N) is 3. The largest absolute Gasteiger partial charge is 0.396 e. The molecule has 1 aromatic heterocycles. The lowest BCUT2D eigenvalue weighted by atomic mass is 9.85. The summed E-state index contributed by atoms with van der Waals surface area (Å²) in [5, 5.41) is 9.18. The molecule has 0 bridgehead atoms. The minimum Gasteiger partial charge on any atom is -0.396 e. The molecule has 2 aliphatic rings. The van der Waals surface area contributed by atoms with E-state index in [0.717, 1.165) is 5.56 Å². The Morgan fingerprint density at radius 1 is 1.10 bits per heavy atom. The van der Waals surface area contributed by atoms with E-state index in [1.807, 2.05) is 30.3 Å². The number of hydrogen-bond acceptors (Lipinski definition) is 4. The number of carbonyl (C=O) groups is 3. The van der Waals surface area contributed by atoms with Gasteiger partial charge in [-0.1, -0.05) is 30.3 Å². The van der Waals surface area contributed by atoms with Crippen molar-refractivity contribution in [2.24, 2.45) is 0 Å². The van der Waals surface area contributed by atoms with Crippen LogP contribution in [0.3, 0.4) is 0 Å². The molecule has 2 aromatic rings. The summed E-state index contributed by atoms with van der Waals surface area (Å²) in [5.74, 6) is -0.291. The van der Waals surface area contributed by atoms with Gasteiger partial charge in [0, 0.05) is 45.2 Å². The summed E-state index contributed by atoms with van der Waals surface area (Å²) in [7, 11) is 0. The Balaban J connectivity index is 1.57. The van der Waals surface area contributed by atoms with Gasteiger partial charge in [-0.05, 0) is 30.9 Å². The van der Waals surface area contributed by atoms with Crippen LogP contribution < -0.4 is 0 Å². The number of rotatable bonds is 6. The molecule has 0 aliphatic carbocycles. The molecule has 0 atom stereocenters. The highest BCUT2D eigenvalue weighted by Gasteiger charge is 2.57. The van der Waals surface area contributed by atoms with Crippen LogP contribution >= 0.6 is 0 Å². The normalized spacial score (nSPS) is 18.5. The quantitative estimate of drug-likeness (QED) is 0.710. The third kappa shape index (κ3) is 3.47. The summed E-state index contributed by atoms with van der Waals surface area (Å²) in [6, 6.07) is 11.0. The van der Waals surface area contributed by atoms with Crippen LogP contribution in [-0.4, -0.2) is 74.4 Å². The van der Waals surface area contributed by atoms with Crippen molar-refractivity contribution >= 4 is 17.8 Å². The molecule has 0 radical (unpaired) electrons. The molecule has 0 saturated carbocycles. The molecule has 4 amide bonds. The fourth-order valence-corrected chi connectivity index (χ4v) is 4.40. The molecule has 3 heterocycles. The van der Waals surface area contributed by atoms with E-state index in [0.29, 0.717) is 44.5 Å². The molecular weight excluding hydrogens is 384 g/mol. The number of nitrogens with one attached hydrogen (secondary N) is 1. The van der Waals surface area contributed by atoms with Gasteiger partial charge in [0.25, 0.3) is 11.8 Å². The molecule has 158 valence electrons. The van der Waals surface area contributed by atoms with E-state index in [1.165, 1.54) is 4.90 Å². The molecule has 8 nitrogen and oxygen atoms in total. The second-order valence-electron chi connectivity index (χ2n) is 7.81. The summed E-state index contributed by atoms with van der Waals surface area (Å²) in [4.78, 5) is 46.8. The second-order valence-corrected chi connectivity index (χ2v) is 7.81. The van der Waals surface area contributed by atoms with Gasteiger partial charge in [0.2, 0.25) is 0 Å². The number of carbonyl (C=O) groups excluding carboxylic acids is 3. The zero-order valence-corrected chi connectivity index (χ0v) is 16.8. The van der Waals surface area contributed by atoms with Gasteiger partial charge >= 0.3 is 6.03 Å². The maximum absolute atomic E-state index is 13.4. The fourth-order valence-electron chi connectivity index (χ4n) is 4.40. The van der Waals surface area contributed by atoms with Crippen LogP contribution in [0.1, 0.15) is 35.2 Å². The summed E-state index contributed by atoms with van der Waals surface area (Å²) < 4.78 is 0. The Morgan fingerprint density at radius 2 is 1.83 bits per heavy atom. The monoisotopic (exact) mass is 410 g/mol. The van der Waals surface area contributed by atoms with E-state index in [9.17, 15) is 19.5 Å². The molecule has 2 N–H and O–H groups in total. The zero-order valence-electron chi connectivity index (χ0n) is 16.8. The third-order valence-corrected chi connectivity index (χ3v) is 6.07. The Bertz CT molecular complexity index is 904. The van der Waals surface area contributed by atoms with E-state index in [2.05, 4.69) is 4.98 Å². The van der Waals surface area contributed by atoms with Gasteiger partial charge in [-0.25, -0.2) is 4.79 Å². The number of H-pyrrole nitrogens is 1. The first-order valence-corrected chi connectivity index (χ1v) is 10.3. The first-order valence-electron chi connectivity index (χ1n) is 10.3. The van der Waals surface area contributed by atoms with Crippen LogP contribution in [0, 0.1) is 0 Å². The maximum atomic E-state index is 13.4. The third-order valence-electron chi connectivity index (χ3n) is 6.07. The molecule has 8 heteroatoms. The van der Waals surface area contributed by atoms with Gasteiger partial charge in [-0.2, -0.15) is 0 Å². The van der Waals surface area contributed by atoms with Crippen LogP contribution in [-0.2, 0) is 11.3 Å². The van der Waals surface area contributed by atoms with E-state index in [4.69, 9.17) is 0 Å². The van der Waals surface area contributed by atoms with Gasteiger partial charge in [0.15, 0.2) is 0 Å². The molecule has 2 fully saturated rings. The standard InChI is InChI=1S/C22H26N4O4/c27-14-4-11-25-20(29)22(26(21(25)30)16-17-5-2-1-3-6-17)8-12-24(13-9-22)19(28)18-7-10-23-15-18/h1-3,5-7,10,15,23,27H,4,8-9,11-14,16H2. The average Bonchev–Trinajstić information content (AvgIpc) is 3.37. The van der Waals surface area contributed by atoms with Crippen LogP contribution in [0.15, 0.2) is 48.8 Å². The number of amides is 4. The first-order chi connectivity index (χ1) is 14.6. The fraction of sp³-hybridized carbons (Fsp3) is 0.409. The summed E-state index contributed by atoms with van der Waals surface area (Å²) in [6.07, 6.45) is 4.52. The highest BCUT2D eigenvalue weighted by Crippen LogP contribution is 2.38. The van der Waals surface area contributed by atoms with Gasteiger partial charge < -0.3 is 19.9 Å². The zero-order chi connectivity index (χ0) is 21.1. The molecule has 1 aromatic carbocycles. The number of imide groups is 1. The van der Waals surface area contributed by atoms with E-state index >= 15 is 0 Å². The Labute approximate surface area is 175 Å². The Hall–Kier alpha value is -3.13. The van der Waals surface area contributed by atoms with Crippen molar-refractivity contribution < 1.29 is 19.5 Å². The van der Waals surface area contributed by atoms with E-state index in [1.54, 1.807) is 28.3 Å². The van der Waals surface area contributed by atoms with Crippen molar-refractivity contribution in [2.75, 3.05) is 26.2 Å². The second kappa shape index (κ2) is 8.31. The minimum atomic E-state index is -0.947. The van der Waals surface area contributed by atoms with Crippen LogP contribution in [0.5, 0.6) is 0 Å². The highest BCUT2D eigenvalue weighted by molar-refractivity contribution is 6.07. The molecular formula is C22H26N4O4. The van der Waals surface area contributed by atoms with Gasteiger partial charge in [0.1, 0.15) is 5.54 Å².